The highest BCUT2D eigenvalue weighted by Crippen LogP contribution is 2.45. The van der Waals surface area contributed by atoms with Crippen molar-refractivity contribution < 1.29 is 0 Å². The fourth-order valence-electron chi connectivity index (χ4n) is 2.57. The summed E-state index contributed by atoms with van der Waals surface area (Å²) in [5.41, 5.74) is 6.35. The van der Waals surface area contributed by atoms with Gasteiger partial charge in [0.05, 0.1) is 0 Å². The van der Waals surface area contributed by atoms with Crippen LogP contribution in [0.2, 0.25) is 0 Å². The second-order valence-corrected chi connectivity index (χ2v) is 5.68. The molecule has 0 spiro atoms. The van der Waals surface area contributed by atoms with Crippen LogP contribution in [-0.4, -0.2) is 31.1 Å². The van der Waals surface area contributed by atoms with Gasteiger partial charge in [-0.15, -0.1) is 0 Å². The SMILES string of the molecule is CC1CCN(CC2(CN)CC2)CC1C. The maximum Gasteiger partial charge on any atom is 0.00502 e. The van der Waals surface area contributed by atoms with Gasteiger partial charge in [0.2, 0.25) is 0 Å². The molecule has 2 unspecified atom stereocenters. The summed E-state index contributed by atoms with van der Waals surface area (Å²) in [7, 11) is 0. The van der Waals surface area contributed by atoms with E-state index < -0.39 is 0 Å². The Hall–Kier alpha value is -0.0800. The van der Waals surface area contributed by atoms with Crippen molar-refractivity contribution in [3.8, 4) is 0 Å². The van der Waals surface area contributed by atoms with E-state index >= 15 is 0 Å². The number of likely N-dealkylation sites (tertiary alicyclic amines) is 1. The molecule has 0 amide bonds. The molecule has 1 saturated heterocycles. The molecule has 2 nitrogen and oxygen atoms in total. The summed E-state index contributed by atoms with van der Waals surface area (Å²) in [6, 6.07) is 0. The lowest BCUT2D eigenvalue weighted by Gasteiger charge is -2.37. The molecule has 1 saturated carbocycles. The Kier molecular flexibility index (Phi) is 2.85. The Morgan fingerprint density at radius 3 is 2.50 bits per heavy atom. The maximum absolute atomic E-state index is 5.82. The van der Waals surface area contributed by atoms with Crippen LogP contribution < -0.4 is 5.73 Å². The molecule has 0 radical (unpaired) electrons. The van der Waals surface area contributed by atoms with Gasteiger partial charge in [-0.25, -0.2) is 0 Å². The molecule has 2 rings (SSSR count). The molecule has 0 bridgehead atoms. The third-order valence-electron chi connectivity index (χ3n) is 4.37. The van der Waals surface area contributed by atoms with Crippen LogP contribution in [0.25, 0.3) is 0 Å². The normalized spacial score (nSPS) is 37.1. The summed E-state index contributed by atoms with van der Waals surface area (Å²) in [5.74, 6) is 1.79. The van der Waals surface area contributed by atoms with Gasteiger partial charge in [0.15, 0.2) is 0 Å². The fourth-order valence-corrected chi connectivity index (χ4v) is 2.57. The van der Waals surface area contributed by atoms with Crippen LogP contribution in [0.1, 0.15) is 33.1 Å². The van der Waals surface area contributed by atoms with Gasteiger partial charge in [0, 0.05) is 13.1 Å². The minimum absolute atomic E-state index is 0.528. The molecule has 0 aromatic heterocycles. The van der Waals surface area contributed by atoms with Crippen molar-refractivity contribution in [3.63, 3.8) is 0 Å². The first kappa shape index (κ1) is 10.4. The van der Waals surface area contributed by atoms with Gasteiger partial charge >= 0.3 is 0 Å². The zero-order chi connectivity index (χ0) is 10.2. The Balaban J connectivity index is 1.82. The highest BCUT2D eigenvalue weighted by atomic mass is 15.1. The summed E-state index contributed by atoms with van der Waals surface area (Å²) in [6.07, 6.45) is 4.11. The Morgan fingerprint density at radius 2 is 2.00 bits per heavy atom. The summed E-state index contributed by atoms with van der Waals surface area (Å²) in [4.78, 5) is 2.64. The van der Waals surface area contributed by atoms with Gasteiger partial charge in [-0.05, 0) is 49.6 Å². The predicted molar refractivity (Wildman–Crippen MR) is 60.1 cm³/mol. The molecule has 2 aliphatic rings. The minimum Gasteiger partial charge on any atom is -0.330 e. The second kappa shape index (κ2) is 3.82. The van der Waals surface area contributed by atoms with Crippen molar-refractivity contribution in [1.82, 2.24) is 4.90 Å². The Labute approximate surface area is 87.8 Å². The van der Waals surface area contributed by atoms with Gasteiger partial charge in [0.1, 0.15) is 0 Å². The predicted octanol–water partition coefficient (Wildman–Crippen LogP) is 1.70. The number of hydrogen-bond acceptors (Lipinski definition) is 2. The van der Waals surface area contributed by atoms with E-state index in [1.54, 1.807) is 0 Å². The number of nitrogens with zero attached hydrogens (tertiary/aromatic N) is 1. The molecule has 1 aliphatic heterocycles. The van der Waals surface area contributed by atoms with Crippen LogP contribution in [0.3, 0.4) is 0 Å². The van der Waals surface area contributed by atoms with Crippen molar-refractivity contribution in [3.05, 3.63) is 0 Å². The third kappa shape index (κ3) is 2.12. The van der Waals surface area contributed by atoms with E-state index in [0.29, 0.717) is 5.41 Å². The third-order valence-corrected chi connectivity index (χ3v) is 4.37. The van der Waals surface area contributed by atoms with Crippen LogP contribution >= 0.6 is 0 Å². The van der Waals surface area contributed by atoms with Crippen LogP contribution in [0.15, 0.2) is 0 Å². The zero-order valence-corrected chi connectivity index (χ0v) is 9.63. The van der Waals surface area contributed by atoms with Crippen molar-refractivity contribution in [2.45, 2.75) is 33.1 Å². The summed E-state index contributed by atoms with van der Waals surface area (Å²) in [6.45, 7) is 9.53. The first-order chi connectivity index (χ1) is 6.65. The van der Waals surface area contributed by atoms with Crippen LogP contribution in [-0.2, 0) is 0 Å². The van der Waals surface area contributed by atoms with E-state index in [9.17, 15) is 0 Å². The Bertz CT molecular complexity index is 198. The van der Waals surface area contributed by atoms with Crippen molar-refractivity contribution >= 4 is 0 Å². The number of nitrogens with two attached hydrogens (primary N) is 1. The van der Waals surface area contributed by atoms with Crippen molar-refractivity contribution in [2.75, 3.05) is 26.2 Å². The molecule has 14 heavy (non-hydrogen) atoms. The van der Waals surface area contributed by atoms with Crippen LogP contribution in [0, 0.1) is 17.3 Å². The highest BCUT2D eigenvalue weighted by Gasteiger charge is 2.43. The van der Waals surface area contributed by atoms with E-state index in [2.05, 4.69) is 18.7 Å². The first-order valence-electron chi connectivity index (χ1n) is 6.08. The number of piperidine rings is 1. The Morgan fingerprint density at radius 1 is 1.29 bits per heavy atom. The molecule has 2 atom stereocenters. The van der Waals surface area contributed by atoms with Gasteiger partial charge in [-0.2, -0.15) is 0 Å². The van der Waals surface area contributed by atoms with E-state index in [0.717, 1.165) is 18.4 Å². The standard InChI is InChI=1S/C12H24N2/c1-10-3-6-14(7-11(10)2)9-12(8-13)4-5-12/h10-11H,3-9,13H2,1-2H3. The molecule has 2 fully saturated rings. The molecular formula is C12H24N2. The minimum atomic E-state index is 0.528. The fraction of sp³-hybridized carbons (Fsp3) is 1.00. The van der Waals surface area contributed by atoms with Gasteiger partial charge in [-0.1, -0.05) is 13.8 Å². The summed E-state index contributed by atoms with van der Waals surface area (Å²) >= 11 is 0. The van der Waals surface area contributed by atoms with Gasteiger partial charge < -0.3 is 10.6 Å². The molecule has 2 heteroatoms. The zero-order valence-electron chi connectivity index (χ0n) is 9.63. The molecule has 0 aromatic rings. The molecular weight excluding hydrogens is 172 g/mol. The average Bonchev–Trinajstić information content (AvgIpc) is 2.93. The van der Waals surface area contributed by atoms with Crippen molar-refractivity contribution in [2.24, 2.45) is 23.0 Å². The lowest BCUT2D eigenvalue weighted by atomic mass is 9.88. The second-order valence-electron chi connectivity index (χ2n) is 5.68. The van der Waals surface area contributed by atoms with E-state index in [1.807, 2.05) is 0 Å². The first-order valence-corrected chi connectivity index (χ1v) is 6.08. The summed E-state index contributed by atoms with van der Waals surface area (Å²) in [5, 5.41) is 0. The average molecular weight is 196 g/mol. The quantitative estimate of drug-likeness (QED) is 0.744. The maximum atomic E-state index is 5.82. The molecule has 82 valence electrons. The van der Waals surface area contributed by atoms with Crippen LogP contribution in [0.4, 0.5) is 0 Å². The highest BCUT2D eigenvalue weighted by molar-refractivity contribution is 4.97. The lowest BCUT2D eigenvalue weighted by Crippen LogP contribution is -2.42. The molecule has 1 aliphatic carbocycles. The number of hydrogen-bond donors (Lipinski definition) is 1. The topological polar surface area (TPSA) is 29.3 Å². The van der Waals surface area contributed by atoms with Gasteiger partial charge in [0.25, 0.3) is 0 Å². The summed E-state index contributed by atoms with van der Waals surface area (Å²) < 4.78 is 0. The molecule has 0 aromatic carbocycles. The van der Waals surface area contributed by atoms with E-state index in [1.165, 1.54) is 38.9 Å². The lowest BCUT2D eigenvalue weighted by molar-refractivity contribution is 0.117. The van der Waals surface area contributed by atoms with Crippen molar-refractivity contribution in [1.29, 1.82) is 0 Å². The monoisotopic (exact) mass is 196 g/mol. The molecule has 2 N–H and O–H groups in total. The largest absolute Gasteiger partial charge is 0.330 e. The van der Waals surface area contributed by atoms with Gasteiger partial charge in [-0.3, -0.25) is 0 Å². The smallest absolute Gasteiger partial charge is 0.00502 e. The number of rotatable bonds is 3. The van der Waals surface area contributed by atoms with Crippen LogP contribution in [0.5, 0.6) is 0 Å². The van der Waals surface area contributed by atoms with E-state index in [4.69, 9.17) is 5.73 Å². The van der Waals surface area contributed by atoms with E-state index in [-0.39, 0.29) is 0 Å². The molecule has 1 heterocycles.